The van der Waals surface area contributed by atoms with Crippen molar-refractivity contribution in [2.24, 2.45) is 0 Å². The van der Waals surface area contributed by atoms with E-state index in [-0.39, 0.29) is 18.9 Å². The fourth-order valence-electron chi connectivity index (χ4n) is 1.96. The molecule has 1 aliphatic rings. The van der Waals surface area contributed by atoms with Crippen molar-refractivity contribution in [1.82, 2.24) is 15.0 Å². The van der Waals surface area contributed by atoms with Crippen LogP contribution in [0.5, 0.6) is 0 Å². The molecule has 7 heteroatoms. The van der Waals surface area contributed by atoms with E-state index in [9.17, 15) is 9.18 Å². The maximum absolute atomic E-state index is 13.3. The van der Waals surface area contributed by atoms with Gasteiger partial charge in [-0.3, -0.25) is 4.79 Å². The Morgan fingerprint density at radius 3 is 3.11 bits per heavy atom. The number of aliphatic hydroxyl groups is 1. The molecule has 1 aliphatic heterocycles. The fraction of sp³-hybridized carbons (Fsp3) is 0.182. The number of carbonyl (C=O) groups excluding carboxylic acids is 1. The van der Waals surface area contributed by atoms with Crippen molar-refractivity contribution < 1.29 is 14.3 Å². The quantitative estimate of drug-likeness (QED) is 0.765. The number of anilines is 1. The van der Waals surface area contributed by atoms with Gasteiger partial charge in [-0.15, -0.1) is 5.10 Å². The molecule has 0 radical (unpaired) electrons. The molecule has 2 aromatic rings. The Hall–Kier alpha value is -2.28. The lowest BCUT2D eigenvalue weighted by molar-refractivity contribution is -0.115. The number of halogens is 1. The predicted octanol–water partition coefficient (Wildman–Crippen LogP) is 0.393. The van der Waals surface area contributed by atoms with Gasteiger partial charge in [0.25, 0.3) is 0 Å². The minimum absolute atomic E-state index is 0.0409. The fourth-order valence-corrected chi connectivity index (χ4v) is 1.96. The molecule has 0 saturated heterocycles. The first-order chi connectivity index (χ1) is 8.69. The molecule has 0 atom stereocenters. The van der Waals surface area contributed by atoms with Crippen molar-refractivity contribution in [2.75, 3.05) is 5.32 Å². The molecule has 1 amide bonds. The Morgan fingerprint density at radius 2 is 2.33 bits per heavy atom. The molecule has 0 fully saturated rings. The van der Waals surface area contributed by atoms with E-state index < -0.39 is 5.82 Å². The minimum atomic E-state index is -0.433. The topological polar surface area (TPSA) is 80.0 Å². The predicted molar refractivity (Wildman–Crippen MR) is 59.6 cm³/mol. The number of rotatable bonds is 1. The first kappa shape index (κ1) is 10.8. The summed E-state index contributed by atoms with van der Waals surface area (Å²) in [6.45, 7) is -0.312. The largest absolute Gasteiger partial charge is 0.390 e. The van der Waals surface area contributed by atoms with Gasteiger partial charge in [0.1, 0.15) is 11.5 Å². The van der Waals surface area contributed by atoms with Crippen LogP contribution in [-0.4, -0.2) is 26.0 Å². The summed E-state index contributed by atoms with van der Waals surface area (Å²) in [4.78, 5) is 11.7. The standard InChI is InChI=1S/C11H9FN4O2/c12-6-1-2-7-9(3-6)16-10(4-11(18)13-7)8(5-17)14-15-16/h1-3,17H,4-5H2,(H,13,18). The molecule has 0 spiro atoms. The van der Waals surface area contributed by atoms with Gasteiger partial charge in [0.15, 0.2) is 0 Å². The summed E-state index contributed by atoms with van der Waals surface area (Å²) in [5.41, 5.74) is 1.67. The number of hydrogen-bond donors (Lipinski definition) is 2. The van der Waals surface area contributed by atoms with Crippen LogP contribution >= 0.6 is 0 Å². The highest BCUT2D eigenvalue weighted by molar-refractivity contribution is 5.95. The van der Waals surface area contributed by atoms with Gasteiger partial charge in [-0.05, 0) is 12.1 Å². The zero-order valence-electron chi connectivity index (χ0n) is 9.22. The summed E-state index contributed by atoms with van der Waals surface area (Å²) in [6.07, 6.45) is 0.0409. The van der Waals surface area contributed by atoms with Crippen molar-refractivity contribution in [3.05, 3.63) is 35.4 Å². The van der Waals surface area contributed by atoms with E-state index in [0.717, 1.165) is 0 Å². The molecule has 1 aromatic heterocycles. The molecule has 1 aromatic carbocycles. The highest BCUT2D eigenvalue weighted by atomic mass is 19.1. The van der Waals surface area contributed by atoms with Crippen LogP contribution in [0.1, 0.15) is 11.4 Å². The molecule has 0 saturated carbocycles. The molecule has 6 nitrogen and oxygen atoms in total. The second kappa shape index (κ2) is 3.88. The molecule has 18 heavy (non-hydrogen) atoms. The van der Waals surface area contributed by atoms with Gasteiger partial charge in [-0.2, -0.15) is 0 Å². The van der Waals surface area contributed by atoms with E-state index in [1.54, 1.807) is 0 Å². The Balaban J connectivity index is 2.27. The van der Waals surface area contributed by atoms with Crippen LogP contribution in [0.2, 0.25) is 0 Å². The van der Waals surface area contributed by atoms with Crippen LogP contribution < -0.4 is 5.32 Å². The van der Waals surface area contributed by atoms with Crippen molar-refractivity contribution >= 4 is 11.6 Å². The molecule has 3 rings (SSSR count). The van der Waals surface area contributed by atoms with Gasteiger partial charge in [0.2, 0.25) is 5.91 Å². The van der Waals surface area contributed by atoms with Crippen LogP contribution in [0.15, 0.2) is 18.2 Å². The first-order valence-corrected chi connectivity index (χ1v) is 5.33. The van der Waals surface area contributed by atoms with E-state index >= 15 is 0 Å². The second-order valence-corrected chi connectivity index (χ2v) is 3.94. The minimum Gasteiger partial charge on any atom is -0.390 e. The third kappa shape index (κ3) is 1.56. The molecule has 92 valence electrons. The Morgan fingerprint density at radius 1 is 1.50 bits per heavy atom. The highest BCUT2D eigenvalue weighted by Gasteiger charge is 2.23. The van der Waals surface area contributed by atoms with Crippen LogP contribution in [-0.2, 0) is 17.8 Å². The third-order valence-corrected chi connectivity index (χ3v) is 2.78. The first-order valence-electron chi connectivity index (χ1n) is 5.33. The van der Waals surface area contributed by atoms with Crippen LogP contribution in [0.3, 0.4) is 0 Å². The summed E-state index contributed by atoms with van der Waals surface area (Å²) in [5, 5.41) is 19.4. The average molecular weight is 248 g/mol. The zero-order chi connectivity index (χ0) is 12.7. The van der Waals surface area contributed by atoms with Crippen molar-refractivity contribution in [3.63, 3.8) is 0 Å². The van der Waals surface area contributed by atoms with Gasteiger partial charge >= 0.3 is 0 Å². The lowest BCUT2D eigenvalue weighted by atomic mass is 10.2. The SMILES string of the molecule is O=C1Cc2c(CO)nnn2-c2cc(F)ccc2N1. The maximum Gasteiger partial charge on any atom is 0.230 e. The van der Waals surface area contributed by atoms with Gasteiger partial charge in [-0.1, -0.05) is 5.21 Å². The molecule has 2 N–H and O–H groups in total. The maximum atomic E-state index is 13.3. The van der Waals surface area contributed by atoms with Crippen molar-refractivity contribution in [3.8, 4) is 5.69 Å². The van der Waals surface area contributed by atoms with E-state index in [0.29, 0.717) is 22.8 Å². The zero-order valence-corrected chi connectivity index (χ0v) is 9.22. The number of nitrogens with one attached hydrogen (secondary N) is 1. The van der Waals surface area contributed by atoms with E-state index in [2.05, 4.69) is 15.6 Å². The normalized spacial score (nSPS) is 13.6. The summed E-state index contributed by atoms with van der Waals surface area (Å²) >= 11 is 0. The molecule has 0 bridgehead atoms. The van der Waals surface area contributed by atoms with Crippen molar-refractivity contribution in [2.45, 2.75) is 13.0 Å². The van der Waals surface area contributed by atoms with E-state index in [1.807, 2.05) is 0 Å². The lowest BCUT2D eigenvalue weighted by Crippen LogP contribution is -2.13. The number of amides is 1. The summed E-state index contributed by atoms with van der Waals surface area (Å²) in [6, 6.07) is 3.99. The number of aromatic nitrogens is 3. The smallest absolute Gasteiger partial charge is 0.230 e. The van der Waals surface area contributed by atoms with Gasteiger partial charge in [-0.25, -0.2) is 9.07 Å². The number of nitrogens with zero attached hydrogens (tertiary/aromatic N) is 3. The number of benzene rings is 1. The van der Waals surface area contributed by atoms with E-state index in [4.69, 9.17) is 5.11 Å². The molecule has 0 unspecified atom stereocenters. The number of fused-ring (bicyclic) bond motifs is 3. The highest BCUT2D eigenvalue weighted by Crippen LogP contribution is 2.26. The van der Waals surface area contributed by atoms with Gasteiger partial charge < -0.3 is 10.4 Å². The summed E-state index contributed by atoms with van der Waals surface area (Å²) in [7, 11) is 0. The molecular weight excluding hydrogens is 239 g/mol. The summed E-state index contributed by atoms with van der Waals surface area (Å²) in [5.74, 6) is -0.685. The number of aliphatic hydroxyl groups excluding tert-OH is 1. The molecule has 0 aliphatic carbocycles. The van der Waals surface area contributed by atoms with Gasteiger partial charge in [0, 0.05) is 6.07 Å². The molecular formula is C11H9FN4O2. The third-order valence-electron chi connectivity index (χ3n) is 2.78. The number of carbonyl (C=O) groups is 1. The average Bonchev–Trinajstić information content (AvgIpc) is 2.68. The van der Waals surface area contributed by atoms with E-state index in [1.165, 1.54) is 22.9 Å². The molecule has 2 heterocycles. The second-order valence-electron chi connectivity index (χ2n) is 3.94. The number of hydrogen-bond acceptors (Lipinski definition) is 4. The van der Waals surface area contributed by atoms with Crippen LogP contribution in [0, 0.1) is 5.82 Å². The van der Waals surface area contributed by atoms with Crippen LogP contribution in [0.4, 0.5) is 10.1 Å². The Labute approximate surface area is 101 Å². The summed E-state index contributed by atoms with van der Waals surface area (Å²) < 4.78 is 14.7. The Bertz CT molecular complexity index is 638. The monoisotopic (exact) mass is 248 g/mol. The van der Waals surface area contributed by atoms with Crippen molar-refractivity contribution in [1.29, 1.82) is 0 Å². The lowest BCUT2D eigenvalue weighted by Gasteiger charge is -2.06. The van der Waals surface area contributed by atoms with Gasteiger partial charge in [0.05, 0.1) is 30.1 Å². The van der Waals surface area contributed by atoms with Crippen LogP contribution in [0.25, 0.3) is 5.69 Å². The Kier molecular flexibility index (Phi) is 2.34.